The molecule has 7 nitrogen and oxygen atoms in total. The third-order valence-electron chi connectivity index (χ3n) is 4.78. The number of hydrogen-bond acceptors (Lipinski definition) is 5. The molecule has 2 heterocycles. The van der Waals surface area contributed by atoms with Crippen LogP contribution in [0.25, 0.3) is 0 Å². The molecule has 2 aliphatic rings. The first-order valence-electron chi connectivity index (χ1n) is 8.60. The molecule has 1 N–H and O–H groups in total. The fraction of sp³-hybridized carbons (Fsp3) is 0.588. The second kappa shape index (κ2) is 7.41. The Bertz CT molecular complexity index is 743. The van der Waals surface area contributed by atoms with E-state index in [1.807, 2.05) is 0 Å². The maximum absolute atomic E-state index is 12.7. The van der Waals surface area contributed by atoms with Crippen LogP contribution in [0.4, 0.5) is 0 Å². The molecule has 138 valence electrons. The zero-order valence-corrected chi connectivity index (χ0v) is 15.2. The highest BCUT2D eigenvalue weighted by Gasteiger charge is 2.29. The molecule has 1 aromatic rings. The van der Waals surface area contributed by atoms with Crippen molar-refractivity contribution < 1.29 is 23.1 Å². The van der Waals surface area contributed by atoms with Crippen molar-refractivity contribution in [2.24, 2.45) is 0 Å². The van der Waals surface area contributed by atoms with Crippen molar-refractivity contribution in [2.45, 2.75) is 37.3 Å². The molecule has 1 aromatic carbocycles. The van der Waals surface area contributed by atoms with Gasteiger partial charge in [-0.3, -0.25) is 4.79 Å². The van der Waals surface area contributed by atoms with Gasteiger partial charge < -0.3 is 14.7 Å². The van der Waals surface area contributed by atoms with Crippen LogP contribution in [0.1, 0.15) is 24.5 Å². The number of hydrogen-bond donors (Lipinski definition) is 1. The number of carbonyl (C=O) groups is 1. The number of sulfonamides is 1. The van der Waals surface area contributed by atoms with Gasteiger partial charge in [0.15, 0.2) is 0 Å². The fourth-order valence-corrected chi connectivity index (χ4v) is 4.66. The normalized spacial score (nSPS) is 20.2. The Morgan fingerprint density at radius 1 is 1.24 bits per heavy atom. The summed E-state index contributed by atoms with van der Waals surface area (Å²) in [6.45, 7) is 4.24. The summed E-state index contributed by atoms with van der Waals surface area (Å²) in [6.07, 6.45) is 0.00521. The minimum atomic E-state index is -3.51. The summed E-state index contributed by atoms with van der Waals surface area (Å²) in [4.78, 5) is 14.1. The predicted octanol–water partition coefficient (Wildman–Crippen LogP) is 0.363. The molecular weight excluding hydrogens is 344 g/mol. The molecule has 8 heteroatoms. The van der Waals surface area contributed by atoms with Crippen LogP contribution in [-0.4, -0.2) is 67.6 Å². The molecule has 1 fully saturated rings. The molecule has 1 amide bonds. The zero-order chi connectivity index (χ0) is 18.0. The maximum atomic E-state index is 12.7. The Morgan fingerprint density at radius 2 is 1.96 bits per heavy atom. The van der Waals surface area contributed by atoms with Gasteiger partial charge in [-0.2, -0.15) is 4.31 Å². The number of benzene rings is 1. The number of amides is 1. The van der Waals surface area contributed by atoms with Crippen molar-refractivity contribution >= 4 is 15.9 Å². The van der Waals surface area contributed by atoms with Crippen LogP contribution in [0.2, 0.25) is 0 Å². The number of fused-ring (bicyclic) bond motifs is 1. The number of nitrogens with zero attached hydrogens (tertiary/aromatic N) is 2. The third-order valence-corrected chi connectivity index (χ3v) is 6.68. The van der Waals surface area contributed by atoms with Crippen LogP contribution in [0, 0.1) is 0 Å². The van der Waals surface area contributed by atoms with Gasteiger partial charge in [0, 0.05) is 26.2 Å². The molecule has 3 rings (SSSR count). The van der Waals surface area contributed by atoms with Gasteiger partial charge in [-0.1, -0.05) is 13.0 Å². The highest BCUT2D eigenvalue weighted by atomic mass is 32.2. The van der Waals surface area contributed by atoms with E-state index >= 15 is 0 Å². The van der Waals surface area contributed by atoms with Crippen LogP contribution in [-0.2, 0) is 32.5 Å². The Hall–Kier alpha value is -1.48. The van der Waals surface area contributed by atoms with Crippen molar-refractivity contribution in [1.82, 2.24) is 9.21 Å². The summed E-state index contributed by atoms with van der Waals surface area (Å²) < 4.78 is 32.2. The van der Waals surface area contributed by atoms with Crippen LogP contribution in [0.3, 0.4) is 0 Å². The summed E-state index contributed by atoms with van der Waals surface area (Å²) in [5.41, 5.74) is 1.88. The molecular formula is C17H24N2O5S. The molecule has 1 atom stereocenters. The average Bonchev–Trinajstić information content (AvgIpc) is 2.66. The average molecular weight is 368 g/mol. The summed E-state index contributed by atoms with van der Waals surface area (Å²) in [6, 6.07) is 5.10. The van der Waals surface area contributed by atoms with Crippen LogP contribution < -0.4 is 0 Å². The first kappa shape index (κ1) is 18.3. The molecule has 0 unspecified atom stereocenters. The van der Waals surface area contributed by atoms with Gasteiger partial charge in [-0.25, -0.2) is 8.42 Å². The van der Waals surface area contributed by atoms with Crippen molar-refractivity contribution in [3.8, 4) is 0 Å². The molecule has 0 spiro atoms. The van der Waals surface area contributed by atoms with E-state index in [4.69, 9.17) is 4.74 Å². The highest BCUT2D eigenvalue weighted by molar-refractivity contribution is 7.89. The van der Waals surface area contributed by atoms with Gasteiger partial charge in [-0.15, -0.1) is 0 Å². The maximum Gasteiger partial charge on any atom is 0.251 e. The van der Waals surface area contributed by atoms with Gasteiger partial charge in [0.2, 0.25) is 10.0 Å². The monoisotopic (exact) mass is 368 g/mol. The van der Waals surface area contributed by atoms with E-state index < -0.39 is 16.1 Å². The Kier molecular flexibility index (Phi) is 5.43. The Balaban J connectivity index is 1.79. The third kappa shape index (κ3) is 3.72. The SMILES string of the molecule is CC[C@H](O)C(=O)N1CCc2cc(S(=O)(=O)N3CCOCC3)ccc2C1. The summed E-state index contributed by atoms with van der Waals surface area (Å²) >= 11 is 0. The van der Waals surface area contributed by atoms with Crippen LogP contribution >= 0.6 is 0 Å². The first-order chi connectivity index (χ1) is 11.9. The molecule has 25 heavy (non-hydrogen) atoms. The first-order valence-corrected chi connectivity index (χ1v) is 10.0. The van der Waals surface area contributed by atoms with Crippen molar-refractivity contribution in [2.75, 3.05) is 32.8 Å². The molecule has 0 bridgehead atoms. The number of rotatable bonds is 4. The largest absolute Gasteiger partial charge is 0.383 e. The number of morpholine rings is 1. The zero-order valence-electron chi connectivity index (χ0n) is 14.3. The number of carbonyl (C=O) groups excluding carboxylic acids is 1. The van der Waals surface area contributed by atoms with Crippen molar-refractivity contribution in [1.29, 1.82) is 0 Å². The van der Waals surface area contributed by atoms with Crippen molar-refractivity contribution in [3.05, 3.63) is 29.3 Å². The van der Waals surface area contributed by atoms with E-state index in [0.29, 0.717) is 57.1 Å². The topological polar surface area (TPSA) is 87.2 Å². The lowest BCUT2D eigenvalue weighted by Gasteiger charge is -2.31. The van der Waals surface area contributed by atoms with E-state index in [9.17, 15) is 18.3 Å². The molecule has 0 saturated carbocycles. The quantitative estimate of drug-likeness (QED) is 0.829. The lowest BCUT2D eigenvalue weighted by atomic mass is 9.99. The molecule has 0 aliphatic carbocycles. The number of aliphatic hydroxyl groups is 1. The second-order valence-electron chi connectivity index (χ2n) is 6.38. The Morgan fingerprint density at radius 3 is 2.64 bits per heavy atom. The molecule has 0 aromatic heterocycles. The fourth-order valence-electron chi connectivity index (χ4n) is 3.20. The predicted molar refractivity (Wildman–Crippen MR) is 91.4 cm³/mol. The number of aliphatic hydroxyl groups excluding tert-OH is 1. The summed E-state index contributed by atoms with van der Waals surface area (Å²) in [7, 11) is -3.51. The van der Waals surface area contributed by atoms with E-state index in [1.54, 1.807) is 30.0 Å². The molecule has 1 saturated heterocycles. The second-order valence-corrected chi connectivity index (χ2v) is 8.32. The van der Waals surface area contributed by atoms with E-state index in [1.165, 1.54) is 4.31 Å². The standard InChI is InChI=1S/C17H24N2O5S/c1-2-16(20)17(21)18-6-5-13-11-15(4-3-14(13)12-18)25(22,23)19-7-9-24-10-8-19/h3-4,11,16,20H,2,5-10,12H2,1H3/t16-/m0/s1. The van der Waals surface area contributed by atoms with Gasteiger partial charge in [-0.05, 0) is 36.1 Å². The molecule has 0 radical (unpaired) electrons. The van der Waals surface area contributed by atoms with E-state index in [0.717, 1.165) is 11.1 Å². The number of ether oxygens (including phenoxy) is 1. The van der Waals surface area contributed by atoms with Gasteiger partial charge >= 0.3 is 0 Å². The van der Waals surface area contributed by atoms with Crippen molar-refractivity contribution in [3.63, 3.8) is 0 Å². The summed E-state index contributed by atoms with van der Waals surface area (Å²) in [5, 5.41) is 9.74. The highest BCUT2D eigenvalue weighted by Crippen LogP contribution is 2.25. The van der Waals surface area contributed by atoms with Gasteiger partial charge in [0.05, 0.1) is 18.1 Å². The van der Waals surface area contributed by atoms with Gasteiger partial charge in [0.25, 0.3) is 5.91 Å². The smallest absolute Gasteiger partial charge is 0.251 e. The molecule has 2 aliphatic heterocycles. The van der Waals surface area contributed by atoms with E-state index in [2.05, 4.69) is 0 Å². The minimum Gasteiger partial charge on any atom is -0.383 e. The lowest BCUT2D eigenvalue weighted by molar-refractivity contribution is -0.141. The minimum absolute atomic E-state index is 0.266. The van der Waals surface area contributed by atoms with Crippen LogP contribution in [0.5, 0.6) is 0 Å². The Labute approximate surface area is 148 Å². The summed E-state index contributed by atoms with van der Waals surface area (Å²) in [5.74, 6) is -0.266. The van der Waals surface area contributed by atoms with E-state index in [-0.39, 0.29) is 5.91 Å². The van der Waals surface area contributed by atoms with Crippen LogP contribution in [0.15, 0.2) is 23.1 Å². The van der Waals surface area contributed by atoms with Gasteiger partial charge in [0.1, 0.15) is 6.10 Å². The lowest BCUT2D eigenvalue weighted by Crippen LogP contribution is -2.42.